The van der Waals surface area contributed by atoms with Gasteiger partial charge in [-0.25, -0.2) is 23.2 Å². The first-order valence-electron chi connectivity index (χ1n) is 10.9. The van der Waals surface area contributed by atoms with Gasteiger partial charge in [-0.2, -0.15) is 10.4 Å². The average Bonchev–Trinajstić information content (AvgIpc) is 3.46. The summed E-state index contributed by atoms with van der Waals surface area (Å²) in [6.07, 6.45) is 3.15. The molecule has 2 heterocycles. The largest absolute Gasteiger partial charge is 0.348 e. The Bertz CT molecular complexity index is 1340. The Labute approximate surface area is 188 Å². The van der Waals surface area contributed by atoms with Gasteiger partial charge in [0.2, 0.25) is 5.91 Å². The Morgan fingerprint density at radius 2 is 1.97 bits per heavy atom. The lowest BCUT2D eigenvalue weighted by Crippen LogP contribution is -2.30. The molecule has 33 heavy (non-hydrogen) atoms. The molecule has 0 spiro atoms. The Balaban J connectivity index is 1.39. The van der Waals surface area contributed by atoms with Crippen LogP contribution < -0.4 is 5.69 Å². The Hall–Kier alpha value is -3.80. The highest BCUT2D eigenvalue weighted by Gasteiger charge is 2.37. The number of carbonyl (C=O) groups is 1. The van der Waals surface area contributed by atoms with E-state index in [4.69, 9.17) is 5.26 Å². The van der Waals surface area contributed by atoms with E-state index in [1.165, 1.54) is 28.8 Å². The van der Waals surface area contributed by atoms with E-state index >= 15 is 4.39 Å². The van der Waals surface area contributed by atoms with Gasteiger partial charge in [-0.3, -0.25) is 4.79 Å². The average molecular weight is 449 g/mol. The van der Waals surface area contributed by atoms with Crippen molar-refractivity contribution in [3.63, 3.8) is 0 Å². The van der Waals surface area contributed by atoms with Crippen LogP contribution in [0.1, 0.15) is 30.7 Å². The molecule has 1 unspecified atom stereocenters. The fraction of sp³-hybridized carbons (Fsp3) is 0.333. The van der Waals surface area contributed by atoms with Crippen LogP contribution in [0.4, 0.5) is 8.78 Å². The van der Waals surface area contributed by atoms with Crippen molar-refractivity contribution in [2.24, 2.45) is 11.8 Å². The molecule has 2 aliphatic rings. The van der Waals surface area contributed by atoms with Gasteiger partial charge in [0.15, 0.2) is 0 Å². The third kappa shape index (κ3) is 4.04. The predicted octanol–water partition coefficient (Wildman–Crippen LogP) is 3.18. The first-order valence-corrected chi connectivity index (χ1v) is 10.9. The molecule has 1 aromatic heterocycles. The van der Waals surface area contributed by atoms with E-state index in [0.29, 0.717) is 30.9 Å². The number of hydrogen-bond acceptors (Lipinski definition) is 4. The van der Waals surface area contributed by atoms with Crippen LogP contribution in [0.2, 0.25) is 0 Å². The molecule has 1 saturated heterocycles. The number of nitriles is 1. The van der Waals surface area contributed by atoms with E-state index < -0.39 is 17.3 Å². The number of nitrogens with zero attached hydrogens (tertiary/aromatic N) is 4. The quantitative estimate of drug-likeness (QED) is 0.647. The minimum Gasteiger partial charge on any atom is -0.342 e. The highest BCUT2D eigenvalue weighted by atomic mass is 19.1. The molecule has 3 aromatic rings. The number of halogens is 2. The smallest absolute Gasteiger partial charge is 0.342 e. The molecule has 1 saturated carbocycles. The zero-order valence-electron chi connectivity index (χ0n) is 17.7. The topological polar surface area (TPSA) is 94.8 Å². The van der Waals surface area contributed by atoms with Gasteiger partial charge >= 0.3 is 5.69 Å². The summed E-state index contributed by atoms with van der Waals surface area (Å²) in [7, 11) is 0. The van der Waals surface area contributed by atoms with Crippen molar-refractivity contribution in [2.45, 2.75) is 25.7 Å². The van der Waals surface area contributed by atoms with Gasteiger partial charge in [0.05, 0.1) is 17.3 Å². The normalized spacial score (nSPS) is 17.8. The van der Waals surface area contributed by atoms with E-state index in [9.17, 15) is 14.0 Å². The molecule has 2 fully saturated rings. The fourth-order valence-corrected chi connectivity index (χ4v) is 4.44. The number of benzene rings is 2. The summed E-state index contributed by atoms with van der Waals surface area (Å²) in [5.41, 5.74) is 0.0785. The van der Waals surface area contributed by atoms with Crippen molar-refractivity contribution in [3.05, 3.63) is 69.9 Å². The molecule has 1 aliphatic carbocycles. The maximum absolute atomic E-state index is 15.1. The van der Waals surface area contributed by atoms with Crippen molar-refractivity contribution in [1.29, 1.82) is 5.26 Å². The summed E-state index contributed by atoms with van der Waals surface area (Å²) < 4.78 is 30.6. The molecule has 1 N–H and O–H groups in total. The molecule has 2 aromatic carbocycles. The monoisotopic (exact) mass is 449 g/mol. The second-order valence-electron chi connectivity index (χ2n) is 8.67. The lowest BCUT2D eigenvalue weighted by atomic mass is 10.0. The SMILES string of the molecule is N#Cc1ccc(-c2ccc(-n3c(CC4CCN(C(=O)C5CC5)C4)n[nH]c3=O)c(F)c2)c(F)c1. The van der Waals surface area contributed by atoms with Gasteiger partial charge in [-0.1, -0.05) is 12.1 Å². The minimum atomic E-state index is -0.696. The molecule has 9 heteroatoms. The molecule has 168 valence electrons. The Kier molecular flexibility index (Phi) is 5.29. The van der Waals surface area contributed by atoms with Crippen LogP contribution in [0.3, 0.4) is 0 Å². The van der Waals surface area contributed by atoms with E-state index in [2.05, 4.69) is 10.2 Å². The number of nitrogens with one attached hydrogen (secondary N) is 1. The molecule has 7 nitrogen and oxygen atoms in total. The maximum atomic E-state index is 15.1. The van der Waals surface area contributed by atoms with Crippen molar-refractivity contribution in [1.82, 2.24) is 19.7 Å². The van der Waals surface area contributed by atoms with Gasteiger partial charge in [0.25, 0.3) is 0 Å². The highest BCUT2D eigenvalue weighted by Crippen LogP contribution is 2.33. The highest BCUT2D eigenvalue weighted by molar-refractivity contribution is 5.81. The van der Waals surface area contributed by atoms with Crippen LogP contribution >= 0.6 is 0 Å². The maximum Gasteiger partial charge on any atom is 0.348 e. The number of rotatable bonds is 5. The fourth-order valence-electron chi connectivity index (χ4n) is 4.44. The molecule has 1 aliphatic heterocycles. The second-order valence-corrected chi connectivity index (χ2v) is 8.67. The molecule has 1 amide bonds. The molecular weight excluding hydrogens is 428 g/mol. The van der Waals surface area contributed by atoms with Crippen molar-refractivity contribution >= 4 is 5.91 Å². The zero-order chi connectivity index (χ0) is 23.1. The lowest BCUT2D eigenvalue weighted by Gasteiger charge is -2.16. The summed E-state index contributed by atoms with van der Waals surface area (Å²) >= 11 is 0. The van der Waals surface area contributed by atoms with Crippen LogP contribution in [0, 0.1) is 34.8 Å². The minimum absolute atomic E-state index is 0.0189. The Morgan fingerprint density at radius 1 is 1.15 bits per heavy atom. The third-order valence-electron chi connectivity index (χ3n) is 6.33. The molecule has 5 rings (SSSR count). The first-order chi connectivity index (χ1) is 15.9. The van der Waals surface area contributed by atoms with E-state index in [0.717, 1.165) is 31.4 Å². The molecule has 1 atom stereocenters. The van der Waals surface area contributed by atoms with Gasteiger partial charge in [-0.05, 0) is 55.0 Å². The van der Waals surface area contributed by atoms with Gasteiger partial charge < -0.3 is 4.90 Å². The summed E-state index contributed by atoms with van der Waals surface area (Å²) in [6, 6.07) is 9.94. The van der Waals surface area contributed by atoms with Crippen LogP contribution in [0.15, 0.2) is 41.2 Å². The van der Waals surface area contributed by atoms with Crippen LogP contribution in [-0.2, 0) is 11.2 Å². The number of amides is 1. The van der Waals surface area contributed by atoms with Gasteiger partial charge in [0.1, 0.15) is 17.5 Å². The molecule has 0 radical (unpaired) electrons. The number of likely N-dealkylation sites (tertiary alicyclic amines) is 1. The lowest BCUT2D eigenvalue weighted by molar-refractivity contribution is -0.131. The number of aromatic nitrogens is 3. The van der Waals surface area contributed by atoms with Crippen LogP contribution in [-0.4, -0.2) is 38.7 Å². The van der Waals surface area contributed by atoms with Gasteiger partial charge in [-0.15, -0.1) is 0 Å². The summed E-state index contributed by atoms with van der Waals surface area (Å²) in [4.78, 5) is 26.6. The van der Waals surface area contributed by atoms with Crippen molar-refractivity contribution < 1.29 is 13.6 Å². The summed E-state index contributed by atoms with van der Waals surface area (Å²) in [5, 5.41) is 15.4. The zero-order valence-corrected chi connectivity index (χ0v) is 17.7. The van der Waals surface area contributed by atoms with Gasteiger partial charge in [0, 0.05) is 31.0 Å². The number of aromatic amines is 1. The molecular formula is C24H21F2N5O2. The Morgan fingerprint density at radius 3 is 2.67 bits per heavy atom. The van der Waals surface area contributed by atoms with Crippen LogP contribution in [0.5, 0.6) is 0 Å². The first kappa shape index (κ1) is 21.1. The second kappa shape index (κ2) is 8.28. The summed E-state index contributed by atoms with van der Waals surface area (Å²) in [6.45, 7) is 1.30. The van der Waals surface area contributed by atoms with E-state index in [1.807, 2.05) is 11.0 Å². The third-order valence-corrected chi connectivity index (χ3v) is 6.33. The van der Waals surface area contributed by atoms with E-state index in [-0.39, 0.29) is 34.6 Å². The number of H-pyrrole nitrogens is 1. The van der Waals surface area contributed by atoms with Crippen molar-refractivity contribution in [2.75, 3.05) is 13.1 Å². The van der Waals surface area contributed by atoms with E-state index in [1.54, 1.807) is 0 Å². The predicted molar refractivity (Wildman–Crippen MR) is 115 cm³/mol. The number of hydrogen-bond donors (Lipinski definition) is 1. The van der Waals surface area contributed by atoms with Crippen LogP contribution in [0.25, 0.3) is 16.8 Å². The number of carbonyl (C=O) groups excluding carboxylic acids is 1. The molecule has 0 bridgehead atoms. The van der Waals surface area contributed by atoms with Crippen molar-refractivity contribution in [3.8, 4) is 22.9 Å². The summed E-state index contributed by atoms with van der Waals surface area (Å²) in [5.74, 6) is -0.431. The standard InChI is InChI=1S/C24H21F2N5O2/c25-19-9-14(12-27)1-5-18(19)17-4-6-21(20(26)11-17)31-22(28-29-24(31)33)10-15-7-8-30(13-15)23(32)16-2-3-16/h1,4-6,9,11,15-16H,2-3,7-8,10,13H2,(H,29,33).